The number of allylic oxidation sites excluding steroid dienone is 1. The van der Waals surface area contributed by atoms with E-state index in [0.29, 0.717) is 105 Å². The van der Waals surface area contributed by atoms with Gasteiger partial charge in [0, 0.05) is 137 Å². The first-order valence-corrected chi connectivity index (χ1v) is 50.3. The number of aromatic nitrogens is 20. The zero-order valence-electron chi connectivity index (χ0n) is 83.5. The number of aromatic amines is 3. The summed E-state index contributed by atoms with van der Waals surface area (Å²) in [7, 11) is -0.220. The van der Waals surface area contributed by atoms with E-state index in [1.807, 2.05) is 96.1 Å². The molecule has 1 saturated heterocycles. The Kier molecular flexibility index (Phi) is 29.6. The van der Waals surface area contributed by atoms with Crippen LogP contribution in [-0.4, -0.2) is 196 Å². The summed E-state index contributed by atoms with van der Waals surface area (Å²) < 4.78 is 57.8. The molecular formula is C105H119BBrF2N29O9. The van der Waals surface area contributed by atoms with Crippen LogP contribution in [-0.2, 0) is 44.5 Å². The minimum atomic E-state index is -1.15. The molecule has 4 saturated carbocycles. The zero-order valence-corrected chi connectivity index (χ0v) is 85.1. The van der Waals surface area contributed by atoms with Gasteiger partial charge >= 0.3 is 25.3 Å². The van der Waals surface area contributed by atoms with E-state index in [-0.39, 0.29) is 35.6 Å². The van der Waals surface area contributed by atoms with Crippen LogP contribution in [0.2, 0.25) is 0 Å². The Balaban J connectivity index is 0.000000120. The van der Waals surface area contributed by atoms with Crippen LogP contribution in [0.1, 0.15) is 215 Å². The predicted octanol–water partition coefficient (Wildman–Crippen LogP) is 18.2. The Morgan fingerprint density at radius 2 is 0.810 bits per heavy atom. The number of carboxylic acids is 1. The zero-order chi connectivity index (χ0) is 103. The minimum Gasteiger partial charge on any atom is -0.477 e. The van der Waals surface area contributed by atoms with Crippen LogP contribution in [0, 0.1) is 11.6 Å². The summed E-state index contributed by atoms with van der Waals surface area (Å²) in [6, 6.07) is 36.7. The van der Waals surface area contributed by atoms with Crippen LogP contribution < -0.4 is 44.6 Å². The fourth-order valence-electron chi connectivity index (χ4n) is 18.5. The molecule has 0 atom stereocenters. The number of anilines is 4. The molecule has 0 spiro atoms. The third kappa shape index (κ3) is 22.4. The molecule has 23 rings (SSSR count). The monoisotopic (exact) mass is 2060 g/mol. The number of aliphatic imine (C=N–C) groups is 1. The highest BCUT2D eigenvalue weighted by atomic mass is 79.9. The Morgan fingerprint density at radius 3 is 1.11 bits per heavy atom. The molecule has 17 N–H and O–H groups in total. The highest BCUT2D eigenvalue weighted by Gasteiger charge is 2.52. The lowest BCUT2D eigenvalue weighted by molar-refractivity contribution is 0.00578. The molecular weight excluding hydrogens is 1940 g/mol. The number of nitrogens with zero attached hydrogens (tertiary/aromatic N) is 18. The lowest BCUT2D eigenvalue weighted by Crippen LogP contribution is -2.41. The van der Waals surface area contributed by atoms with Gasteiger partial charge in [0.05, 0.1) is 91.4 Å². The minimum absolute atomic E-state index is 0.151. The van der Waals surface area contributed by atoms with Crippen molar-refractivity contribution in [1.82, 2.24) is 115 Å². The molecule has 0 radical (unpaired) electrons. The first-order valence-electron chi connectivity index (χ1n) is 49.5. The van der Waals surface area contributed by atoms with Gasteiger partial charge in [-0.05, 0) is 261 Å². The topological polar surface area (TPSA) is 539 Å². The molecule has 2 aliphatic heterocycles. The van der Waals surface area contributed by atoms with Crippen LogP contribution >= 0.6 is 15.9 Å². The Morgan fingerprint density at radius 1 is 0.469 bits per heavy atom. The van der Waals surface area contributed by atoms with Gasteiger partial charge in [-0.1, -0.05) is 34.1 Å². The van der Waals surface area contributed by atoms with Crippen molar-refractivity contribution in [2.24, 2.45) is 10.7 Å². The number of carbonyl (C=O) groups is 4. The molecule has 3 amide bonds. The van der Waals surface area contributed by atoms with E-state index in [4.69, 9.17) is 72.5 Å². The first-order chi connectivity index (χ1) is 70.5. The Labute approximate surface area is 853 Å². The summed E-state index contributed by atoms with van der Waals surface area (Å²) in [6.07, 6.45) is 26.3. The number of nitrogens with one attached hydrogen (secondary N) is 6. The second kappa shape index (κ2) is 42.8. The van der Waals surface area contributed by atoms with Crippen molar-refractivity contribution in [2.75, 3.05) is 55.7 Å². The van der Waals surface area contributed by atoms with Crippen molar-refractivity contribution in [1.29, 1.82) is 0 Å². The number of carboxylic acid groups (broad SMARTS) is 1. The van der Waals surface area contributed by atoms with E-state index < -0.39 is 41.0 Å². The van der Waals surface area contributed by atoms with Gasteiger partial charge < -0.3 is 86.8 Å². The number of imidazole rings is 4. The molecule has 38 nitrogen and oxygen atoms in total. The Hall–Kier alpha value is -15.3. The van der Waals surface area contributed by atoms with E-state index in [1.54, 1.807) is 24.8 Å². The number of aromatic carboxylic acids is 1. The molecule has 17 aromatic rings. The molecule has 42 heteroatoms. The molecule has 13 aromatic heterocycles. The highest BCUT2D eigenvalue weighted by molar-refractivity contribution is 9.10. The second-order valence-electron chi connectivity index (χ2n) is 40.2. The fraction of sp³-hybridized carbons (Fsp3) is 0.371. The molecule has 15 heterocycles. The van der Waals surface area contributed by atoms with Gasteiger partial charge in [-0.2, -0.15) is 15.3 Å². The molecule has 0 bridgehead atoms. The number of benzene rings is 4. The molecule has 762 valence electrons. The number of hydrogen-bond donors (Lipinski definition) is 12. The molecule has 5 fully saturated rings. The lowest BCUT2D eigenvalue weighted by atomic mass is 9.79. The average Bonchev–Trinajstić information content (AvgIpc) is 1.60. The van der Waals surface area contributed by atoms with E-state index in [2.05, 4.69) is 186 Å². The number of carbonyl (C=O) groups excluding carboxylic acids is 3. The third-order valence-electron chi connectivity index (χ3n) is 27.2. The van der Waals surface area contributed by atoms with Gasteiger partial charge in [0.15, 0.2) is 23.3 Å². The maximum Gasteiger partial charge on any atom is 0.492 e. The van der Waals surface area contributed by atoms with Crippen LogP contribution in [0.3, 0.4) is 0 Å². The number of amides is 3. The van der Waals surface area contributed by atoms with Crippen molar-refractivity contribution in [3.63, 3.8) is 0 Å². The molecule has 4 aromatic carbocycles. The summed E-state index contributed by atoms with van der Waals surface area (Å²) in [5.74, 6) is 2.89. The number of fused-ring (bicyclic) bond motifs is 12. The number of rotatable bonds is 21. The van der Waals surface area contributed by atoms with Gasteiger partial charge in [-0.25, -0.2) is 73.0 Å². The number of pyridine rings is 6. The van der Waals surface area contributed by atoms with Crippen LogP contribution in [0.4, 0.5) is 41.6 Å². The van der Waals surface area contributed by atoms with Gasteiger partial charge in [0.1, 0.15) is 79.6 Å². The molecule has 0 unspecified atom stereocenters. The van der Waals surface area contributed by atoms with Gasteiger partial charge in [-0.3, -0.25) is 25.1 Å². The van der Waals surface area contributed by atoms with E-state index in [1.165, 1.54) is 50.7 Å². The number of halogens is 3. The standard InChI is InChI=1S/C25H23FN8O.C24H29N7O2.C21H26BrN5O2.C19H21N7.C10H16BNO2.C6H4FNO2/c26-15-5-7-19(29-13-15)25(35)28-10-9-21-32-22-23(34(21)16-2-1-3-16)17-6-4-14(18-8-11-30-33-18)12-20(17)31-24(22)27;1-24(2,3)33-23(32)26-11-10-19-29-20-21(31(19)15-5-4-6-15)16-8-7-14(17-9-12-27-30-17)13-18(16)28-22(20)25;1-21(2,3)29-20(28)24-10-9-16-26-17-18(27(16)13-5-4-6-13)14-8-7-12(22)11-15(14)25-19(17)23;20-8-6-16-24-17-18(26(16)12-2-1-3-12)13-5-4-11(14-7-9-22-25-14)10-15(13)23-19(17)21;1-9(2)10(3,4)14-11(13-9)8-5-6-12-7-8;7-4-1-2-5(6(9)10)8-3-4/h4-8,11-13,16H,1-3,9-10H2,(H2,27,31)(H,28,35)(H,30,33);7-9,12-13,15H,4-6,10-11H2,1-3H3,(H2,25,28)(H,26,32)(H,27,30);7-8,11,13H,4-6,9-10H2,1-3H3,(H2,23,25)(H,24,28);4-5,7,9-10,12H,1-3,6,8,20H2,(H2,21,23)(H,22,25);5-6H,7H2,1-4H3;1-3H,(H,9,10). The smallest absolute Gasteiger partial charge is 0.477 e. The number of hydrogen-bond acceptors (Lipinski definition) is 27. The van der Waals surface area contributed by atoms with Crippen LogP contribution in [0.25, 0.3) is 122 Å². The highest BCUT2D eigenvalue weighted by Crippen LogP contribution is 2.46. The lowest BCUT2D eigenvalue weighted by Gasteiger charge is -2.32. The van der Waals surface area contributed by atoms with Crippen molar-refractivity contribution in [3.05, 3.63) is 209 Å². The molecule has 4 aliphatic carbocycles. The second-order valence-corrected chi connectivity index (χ2v) is 41.1. The SMILES string of the molecule is CC(C)(C)OC(=O)NCCc1nc2c(N)nc3cc(-c4ccn[nH]4)ccc3c2n1C1CCC1.CC(C)(C)OC(=O)NCCc1nc2c(N)nc3cc(Br)ccc3c2n1C1CCC1.CC1(C)OB(C2=CC=NC2)OC1(C)C.NCCc1nc2c(N)nc3cc(-c4ccn[nH]4)ccc3c2n1C1CCC1.Nc1nc2cc(-c3ccn[nH]3)ccc2c2c1nc(CCNC(=O)c1ccc(F)cn1)n2C1CCC1.O=C(O)c1ccc(F)cn1. The van der Waals surface area contributed by atoms with E-state index in [0.717, 1.165) is 219 Å². The summed E-state index contributed by atoms with van der Waals surface area (Å²) in [4.78, 5) is 95.7. The number of H-pyrrole nitrogens is 3. The van der Waals surface area contributed by atoms with E-state index in [9.17, 15) is 28.0 Å². The maximum atomic E-state index is 13.1. The van der Waals surface area contributed by atoms with Crippen LogP contribution in [0.5, 0.6) is 0 Å². The number of alkyl carbamates (subject to hydrolysis) is 2. The quantitative estimate of drug-likeness (QED) is 0.0297. The third-order valence-corrected chi connectivity index (χ3v) is 27.7. The number of nitrogens with two attached hydrogens (primary N) is 5. The average molecular weight is 2060 g/mol. The summed E-state index contributed by atoms with van der Waals surface area (Å²) in [6.45, 7) is 21.8. The summed E-state index contributed by atoms with van der Waals surface area (Å²) >= 11 is 3.51. The summed E-state index contributed by atoms with van der Waals surface area (Å²) in [5.41, 5.74) is 47.0. The Bertz CT molecular complexity index is 7780. The van der Waals surface area contributed by atoms with Crippen LogP contribution in [0.15, 0.2) is 167 Å². The maximum absolute atomic E-state index is 13.1. The van der Waals surface area contributed by atoms with Crippen molar-refractivity contribution < 1.29 is 51.8 Å². The van der Waals surface area contributed by atoms with Gasteiger partial charge in [-0.15, -0.1) is 0 Å². The summed E-state index contributed by atoms with van der Waals surface area (Å²) in [5, 5.41) is 42.0. The van der Waals surface area contributed by atoms with Gasteiger partial charge in [0.2, 0.25) is 0 Å². The number of nitrogen functional groups attached to an aromatic ring is 4. The fourth-order valence-corrected chi connectivity index (χ4v) is 18.8. The van der Waals surface area contributed by atoms with Crippen molar-refractivity contribution in [2.45, 2.75) is 219 Å². The largest absolute Gasteiger partial charge is 0.492 e. The molecule has 6 aliphatic rings. The van der Waals surface area contributed by atoms with Crippen molar-refractivity contribution in [3.8, 4) is 33.8 Å². The number of ether oxygens (including phenoxy) is 2. The first kappa shape index (κ1) is 102. The van der Waals surface area contributed by atoms with Gasteiger partial charge in [0.25, 0.3) is 5.91 Å². The van der Waals surface area contributed by atoms with Crippen molar-refractivity contribution >= 4 is 164 Å². The molecule has 147 heavy (non-hydrogen) atoms. The predicted molar refractivity (Wildman–Crippen MR) is 567 cm³/mol. The van der Waals surface area contributed by atoms with E-state index >= 15 is 0 Å². The normalized spacial score (nSPS) is 15.5.